The van der Waals surface area contributed by atoms with E-state index in [1.807, 2.05) is 72.5 Å². The van der Waals surface area contributed by atoms with Gasteiger partial charge in [0.05, 0.1) is 19.2 Å². The molecule has 6 heteroatoms. The van der Waals surface area contributed by atoms with Crippen LogP contribution in [0.25, 0.3) is 5.70 Å². The van der Waals surface area contributed by atoms with E-state index in [-0.39, 0.29) is 6.42 Å². The van der Waals surface area contributed by atoms with E-state index in [9.17, 15) is 9.90 Å². The minimum Gasteiger partial charge on any atom is -0.497 e. The first-order valence-electron chi connectivity index (χ1n) is 11.1. The molecule has 0 spiro atoms. The van der Waals surface area contributed by atoms with Crippen LogP contribution < -0.4 is 4.74 Å². The molecule has 0 radical (unpaired) electrons. The lowest BCUT2D eigenvalue weighted by molar-refractivity contribution is -0.137. The Bertz CT molecular complexity index is 1180. The summed E-state index contributed by atoms with van der Waals surface area (Å²) >= 11 is 3.51. The quantitative estimate of drug-likeness (QED) is 0.255. The maximum absolute atomic E-state index is 11.5. The van der Waals surface area contributed by atoms with Crippen LogP contribution in [-0.4, -0.2) is 42.0 Å². The number of carboxylic acid groups (broad SMARTS) is 1. The minimum atomic E-state index is -0.846. The van der Waals surface area contributed by atoms with Gasteiger partial charge in [-0.15, -0.1) is 0 Å². The molecule has 5 nitrogen and oxygen atoms in total. The molecule has 34 heavy (non-hydrogen) atoms. The summed E-state index contributed by atoms with van der Waals surface area (Å²) in [5, 5.41) is 9.41. The fraction of sp³-hybridized carbons (Fsp3) is 0.214. The van der Waals surface area contributed by atoms with Crippen LogP contribution >= 0.6 is 15.9 Å². The molecule has 0 atom stereocenters. The zero-order valence-electron chi connectivity index (χ0n) is 19.5. The van der Waals surface area contributed by atoms with Gasteiger partial charge in [-0.3, -0.25) is 4.79 Å². The summed E-state index contributed by atoms with van der Waals surface area (Å²) in [7, 11) is 1.64. The number of hydrogen-bond donors (Lipinski definition) is 1. The predicted molar refractivity (Wildman–Crippen MR) is 141 cm³/mol. The van der Waals surface area contributed by atoms with Crippen LogP contribution in [0, 0.1) is 6.92 Å². The Labute approximate surface area is 209 Å². The summed E-state index contributed by atoms with van der Waals surface area (Å²) < 4.78 is 6.32. The van der Waals surface area contributed by atoms with E-state index in [1.165, 1.54) is 5.56 Å². The molecular weight excluding hydrogens is 492 g/mol. The molecule has 0 saturated heterocycles. The SMILES string of the molecule is C=C(N=C(c1ccc(OC)cc1C)N(CCC(=O)O)CCc1ccccc1)c1cccc(Br)c1. The van der Waals surface area contributed by atoms with E-state index in [2.05, 4.69) is 34.6 Å². The maximum Gasteiger partial charge on any atom is 0.305 e. The summed E-state index contributed by atoms with van der Waals surface area (Å²) in [4.78, 5) is 18.5. The lowest BCUT2D eigenvalue weighted by Gasteiger charge is -2.27. The van der Waals surface area contributed by atoms with Crippen LogP contribution in [0.1, 0.15) is 28.7 Å². The van der Waals surface area contributed by atoms with Crippen molar-refractivity contribution >= 4 is 33.4 Å². The Morgan fingerprint density at radius 2 is 1.82 bits per heavy atom. The molecule has 0 amide bonds. The van der Waals surface area contributed by atoms with Crippen LogP contribution in [0.15, 0.2) is 88.8 Å². The molecule has 0 heterocycles. The number of carboxylic acids is 1. The van der Waals surface area contributed by atoms with Gasteiger partial charge in [0.1, 0.15) is 11.6 Å². The zero-order chi connectivity index (χ0) is 24.5. The van der Waals surface area contributed by atoms with Crippen LogP contribution in [0.3, 0.4) is 0 Å². The van der Waals surface area contributed by atoms with Crippen LogP contribution in [-0.2, 0) is 11.2 Å². The monoisotopic (exact) mass is 520 g/mol. The lowest BCUT2D eigenvalue weighted by atomic mass is 10.0. The molecule has 3 aromatic carbocycles. The highest BCUT2D eigenvalue weighted by Crippen LogP contribution is 2.24. The van der Waals surface area contributed by atoms with Crippen molar-refractivity contribution in [3.63, 3.8) is 0 Å². The first-order valence-corrected chi connectivity index (χ1v) is 11.9. The Balaban J connectivity index is 2.04. The van der Waals surface area contributed by atoms with E-state index in [0.717, 1.165) is 33.3 Å². The molecule has 0 aliphatic heterocycles. The van der Waals surface area contributed by atoms with Crippen molar-refractivity contribution < 1.29 is 14.6 Å². The molecule has 3 aromatic rings. The average molecular weight is 521 g/mol. The highest BCUT2D eigenvalue weighted by atomic mass is 79.9. The molecule has 0 fully saturated rings. The number of amidine groups is 1. The summed E-state index contributed by atoms with van der Waals surface area (Å²) in [5.74, 6) is 0.608. The second kappa shape index (κ2) is 12.2. The van der Waals surface area contributed by atoms with Gasteiger partial charge in [0.2, 0.25) is 0 Å². The van der Waals surface area contributed by atoms with Gasteiger partial charge in [-0.25, -0.2) is 4.99 Å². The normalized spacial score (nSPS) is 11.2. The van der Waals surface area contributed by atoms with Crippen LogP contribution in [0.4, 0.5) is 0 Å². The number of rotatable bonds is 10. The number of nitrogens with zero attached hydrogens (tertiary/aromatic N) is 2. The topological polar surface area (TPSA) is 62.1 Å². The number of ether oxygens (including phenoxy) is 1. The highest BCUT2D eigenvalue weighted by molar-refractivity contribution is 9.10. The third kappa shape index (κ3) is 7.06. The molecular formula is C28H29BrN2O3. The standard InChI is InChI=1S/C28H29BrN2O3/c1-20-18-25(34-3)12-13-26(20)28(30-21(2)23-10-7-11-24(29)19-23)31(17-15-27(32)33)16-14-22-8-5-4-6-9-22/h4-13,18-19H,2,14-17H2,1,3H3,(H,32,33). The van der Waals surface area contributed by atoms with Gasteiger partial charge in [-0.1, -0.05) is 65.0 Å². The third-order valence-electron chi connectivity index (χ3n) is 5.48. The number of halogens is 1. The fourth-order valence-electron chi connectivity index (χ4n) is 3.64. The smallest absolute Gasteiger partial charge is 0.305 e. The van der Waals surface area contributed by atoms with E-state index in [4.69, 9.17) is 9.73 Å². The van der Waals surface area contributed by atoms with Crippen LogP contribution in [0.5, 0.6) is 5.75 Å². The van der Waals surface area contributed by atoms with Crippen molar-refractivity contribution in [2.45, 2.75) is 19.8 Å². The van der Waals surface area contributed by atoms with Gasteiger partial charge in [0, 0.05) is 28.7 Å². The predicted octanol–water partition coefficient (Wildman–Crippen LogP) is 6.20. The number of benzene rings is 3. The van der Waals surface area contributed by atoms with Crippen molar-refractivity contribution in [2.75, 3.05) is 20.2 Å². The van der Waals surface area contributed by atoms with Gasteiger partial charge in [-0.05, 0) is 54.8 Å². The van der Waals surface area contributed by atoms with Crippen molar-refractivity contribution in [1.82, 2.24) is 4.90 Å². The first-order chi connectivity index (χ1) is 16.4. The van der Waals surface area contributed by atoms with E-state index >= 15 is 0 Å². The number of aryl methyl sites for hydroxylation is 1. The number of hydrogen-bond acceptors (Lipinski definition) is 3. The van der Waals surface area contributed by atoms with Gasteiger partial charge in [0.15, 0.2) is 0 Å². The Morgan fingerprint density at radius 3 is 2.47 bits per heavy atom. The summed E-state index contributed by atoms with van der Waals surface area (Å²) in [6, 6.07) is 23.8. The molecule has 1 N–H and O–H groups in total. The summed E-state index contributed by atoms with van der Waals surface area (Å²) in [5.41, 5.74) is 4.57. The Hall–Kier alpha value is -3.38. The number of aliphatic imine (C=N–C) groups is 1. The second-order valence-corrected chi connectivity index (χ2v) is 8.86. The van der Waals surface area contributed by atoms with Crippen molar-refractivity contribution in [3.05, 3.63) is 106 Å². The molecule has 3 rings (SSSR count). The van der Waals surface area contributed by atoms with Gasteiger partial charge < -0.3 is 14.7 Å². The summed E-state index contributed by atoms with van der Waals surface area (Å²) in [6.45, 7) is 7.17. The lowest BCUT2D eigenvalue weighted by Crippen LogP contribution is -2.36. The Morgan fingerprint density at radius 1 is 1.06 bits per heavy atom. The highest BCUT2D eigenvalue weighted by Gasteiger charge is 2.18. The number of carbonyl (C=O) groups is 1. The van der Waals surface area contributed by atoms with Crippen molar-refractivity contribution in [2.24, 2.45) is 4.99 Å². The molecule has 0 bridgehead atoms. The maximum atomic E-state index is 11.5. The van der Waals surface area contributed by atoms with Gasteiger partial charge in [-0.2, -0.15) is 0 Å². The minimum absolute atomic E-state index is 0.00632. The largest absolute Gasteiger partial charge is 0.497 e. The Kier molecular flexibility index (Phi) is 9.05. The third-order valence-corrected chi connectivity index (χ3v) is 5.97. The molecule has 0 unspecified atom stereocenters. The number of methoxy groups -OCH3 is 1. The van der Waals surface area contributed by atoms with E-state index in [1.54, 1.807) is 7.11 Å². The number of aliphatic carboxylic acids is 1. The van der Waals surface area contributed by atoms with Gasteiger partial charge >= 0.3 is 5.97 Å². The average Bonchev–Trinajstić information content (AvgIpc) is 2.83. The van der Waals surface area contributed by atoms with Crippen LogP contribution in [0.2, 0.25) is 0 Å². The first kappa shape index (κ1) is 25.2. The molecule has 0 saturated carbocycles. The van der Waals surface area contributed by atoms with Crippen molar-refractivity contribution in [1.29, 1.82) is 0 Å². The van der Waals surface area contributed by atoms with E-state index < -0.39 is 5.97 Å². The molecule has 0 aromatic heterocycles. The fourth-order valence-corrected chi connectivity index (χ4v) is 4.04. The van der Waals surface area contributed by atoms with Crippen molar-refractivity contribution in [3.8, 4) is 5.75 Å². The van der Waals surface area contributed by atoms with Gasteiger partial charge in [0.25, 0.3) is 0 Å². The second-order valence-electron chi connectivity index (χ2n) is 7.94. The summed E-state index contributed by atoms with van der Waals surface area (Å²) in [6.07, 6.45) is 0.768. The zero-order valence-corrected chi connectivity index (χ0v) is 21.1. The van der Waals surface area contributed by atoms with E-state index in [0.29, 0.717) is 24.6 Å². The molecule has 176 valence electrons. The molecule has 0 aliphatic carbocycles. The molecule has 0 aliphatic rings.